The van der Waals surface area contributed by atoms with Crippen molar-refractivity contribution in [3.8, 4) is 0 Å². The second kappa shape index (κ2) is 14.4. The lowest BCUT2D eigenvalue weighted by Crippen LogP contribution is -2.28. The summed E-state index contributed by atoms with van der Waals surface area (Å²) in [6.45, 7) is 3.08. The van der Waals surface area contributed by atoms with E-state index in [0.717, 1.165) is 12.8 Å². The fraction of sp³-hybridized carbons (Fsp3) is 0.533. The molecule has 0 aliphatic carbocycles. The van der Waals surface area contributed by atoms with Crippen molar-refractivity contribution >= 4 is 17.6 Å². The maximum Gasteiger partial charge on any atom is 0.337 e. The first-order chi connectivity index (χ1) is 11.1. The van der Waals surface area contributed by atoms with Crippen LogP contribution in [0.5, 0.6) is 0 Å². The molecule has 0 amide bonds. The van der Waals surface area contributed by atoms with Crippen LogP contribution >= 0.6 is 11.6 Å². The molecule has 0 heterocycles. The summed E-state index contributed by atoms with van der Waals surface area (Å²) in [5.74, 6) is -0.995. The number of carbonyl (C=O) groups is 1. The van der Waals surface area contributed by atoms with Crippen molar-refractivity contribution in [2.75, 3.05) is 33.0 Å². The molecule has 1 aromatic carbocycles. The number of unbranched alkanes of at least 4 members (excludes halogenated alkanes) is 1. The van der Waals surface area contributed by atoms with E-state index in [4.69, 9.17) is 36.6 Å². The van der Waals surface area contributed by atoms with Crippen LogP contribution in [-0.4, -0.2) is 59.5 Å². The molecule has 0 aliphatic heterocycles. The molecule has 0 saturated carbocycles. The van der Waals surface area contributed by atoms with Crippen molar-refractivity contribution in [2.45, 2.75) is 19.8 Å². The highest BCUT2D eigenvalue weighted by atomic mass is 35.5. The zero-order valence-electron chi connectivity index (χ0n) is 13.2. The molecule has 0 atom stereocenters. The number of hydroxylamine groups is 2. The molecule has 0 aromatic heterocycles. The molecule has 7 nitrogen and oxygen atoms in total. The highest BCUT2D eigenvalue weighted by Crippen LogP contribution is 2.13. The predicted molar refractivity (Wildman–Crippen MR) is 86.1 cm³/mol. The van der Waals surface area contributed by atoms with Crippen LogP contribution < -0.4 is 0 Å². The third-order valence-corrected chi connectivity index (χ3v) is 2.78. The molecule has 8 heteroatoms. The van der Waals surface area contributed by atoms with Gasteiger partial charge < -0.3 is 15.3 Å². The van der Waals surface area contributed by atoms with Crippen LogP contribution in [-0.2, 0) is 9.68 Å². The lowest BCUT2D eigenvalue weighted by atomic mass is 10.2. The number of benzene rings is 1. The van der Waals surface area contributed by atoms with Crippen LogP contribution in [0.1, 0.15) is 30.1 Å². The van der Waals surface area contributed by atoms with Gasteiger partial charge in [0.2, 0.25) is 0 Å². The standard InChI is InChI=1S/C8H19NO4.C7H5ClO2/c1-2-3-4-9(12-7-5-10)13-8-6-11;8-6-4-2-1-3-5(6)7(9)10/h10-11H,2-8H2,1H3;1-4H,(H,9,10). The first-order valence-corrected chi connectivity index (χ1v) is 7.67. The predicted octanol–water partition coefficient (Wildman–Crippen LogP) is 1.97. The van der Waals surface area contributed by atoms with Crippen LogP contribution in [0.2, 0.25) is 5.02 Å². The van der Waals surface area contributed by atoms with Gasteiger partial charge in [-0.2, -0.15) is 0 Å². The van der Waals surface area contributed by atoms with Crippen molar-refractivity contribution in [1.82, 2.24) is 5.23 Å². The van der Waals surface area contributed by atoms with Crippen molar-refractivity contribution in [3.05, 3.63) is 34.9 Å². The molecule has 0 radical (unpaired) electrons. The summed E-state index contributed by atoms with van der Waals surface area (Å²) in [7, 11) is 0. The Kier molecular flexibility index (Phi) is 13.6. The van der Waals surface area contributed by atoms with Gasteiger partial charge in [-0.25, -0.2) is 4.79 Å². The Morgan fingerprint density at radius 2 is 1.74 bits per heavy atom. The largest absolute Gasteiger partial charge is 0.478 e. The maximum atomic E-state index is 10.3. The van der Waals surface area contributed by atoms with Gasteiger partial charge in [0.15, 0.2) is 0 Å². The third-order valence-electron chi connectivity index (χ3n) is 2.45. The zero-order chi connectivity index (χ0) is 17.5. The number of nitrogens with zero attached hydrogens (tertiary/aromatic N) is 1. The number of rotatable bonds is 10. The van der Waals surface area contributed by atoms with Crippen molar-refractivity contribution < 1.29 is 29.8 Å². The summed E-state index contributed by atoms with van der Waals surface area (Å²) in [6.07, 6.45) is 2.00. The van der Waals surface area contributed by atoms with Crippen LogP contribution in [0, 0.1) is 0 Å². The minimum atomic E-state index is -0.995. The van der Waals surface area contributed by atoms with E-state index in [9.17, 15) is 4.79 Å². The molecule has 0 bridgehead atoms. The Balaban J connectivity index is 0.000000433. The average Bonchev–Trinajstić information content (AvgIpc) is 2.55. The van der Waals surface area contributed by atoms with Gasteiger partial charge in [-0.15, -0.1) is 0 Å². The topological polar surface area (TPSA) is 99.5 Å². The average molecular weight is 350 g/mol. The second-order valence-corrected chi connectivity index (χ2v) is 4.72. The minimum absolute atomic E-state index is 0.0366. The highest BCUT2D eigenvalue weighted by Gasteiger charge is 2.05. The minimum Gasteiger partial charge on any atom is -0.478 e. The highest BCUT2D eigenvalue weighted by molar-refractivity contribution is 6.33. The molecule has 23 heavy (non-hydrogen) atoms. The number of carboxylic acids is 1. The first-order valence-electron chi connectivity index (χ1n) is 7.29. The van der Waals surface area contributed by atoms with E-state index in [0.29, 0.717) is 6.54 Å². The van der Waals surface area contributed by atoms with E-state index in [1.165, 1.54) is 11.3 Å². The molecular formula is C15H24ClNO6. The second-order valence-electron chi connectivity index (χ2n) is 4.31. The summed E-state index contributed by atoms with van der Waals surface area (Å²) in [6, 6.07) is 6.33. The Hall–Kier alpha value is -1.22. The van der Waals surface area contributed by atoms with Gasteiger partial charge in [0.05, 0.1) is 43.6 Å². The number of carboxylic acid groups (broad SMARTS) is 1. The number of aromatic carboxylic acids is 1. The molecule has 0 spiro atoms. The molecule has 0 unspecified atom stereocenters. The number of aliphatic hydroxyl groups is 2. The smallest absolute Gasteiger partial charge is 0.337 e. The lowest BCUT2D eigenvalue weighted by Gasteiger charge is -2.19. The fourth-order valence-electron chi connectivity index (χ4n) is 1.37. The van der Waals surface area contributed by atoms with E-state index in [1.54, 1.807) is 18.2 Å². The van der Waals surface area contributed by atoms with Gasteiger partial charge in [-0.1, -0.05) is 42.3 Å². The summed E-state index contributed by atoms with van der Waals surface area (Å²) in [4.78, 5) is 20.4. The van der Waals surface area contributed by atoms with Crippen LogP contribution in [0.15, 0.2) is 24.3 Å². The van der Waals surface area contributed by atoms with E-state index in [1.807, 2.05) is 0 Å². The SMILES string of the molecule is CCCCN(OCCO)OCCO.O=C(O)c1ccccc1Cl. The lowest BCUT2D eigenvalue weighted by molar-refractivity contribution is -0.371. The van der Waals surface area contributed by atoms with Gasteiger partial charge in [0.25, 0.3) is 0 Å². The van der Waals surface area contributed by atoms with E-state index in [-0.39, 0.29) is 37.0 Å². The van der Waals surface area contributed by atoms with Crippen LogP contribution in [0.3, 0.4) is 0 Å². The molecule has 3 N–H and O–H groups in total. The van der Waals surface area contributed by atoms with Crippen molar-refractivity contribution in [2.24, 2.45) is 0 Å². The van der Waals surface area contributed by atoms with Crippen molar-refractivity contribution in [3.63, 3.8) is 0 Å². The van der Waals surface area contributed by atoms with Crippen LogP contribution in [0.4, 0.5) is 0 Å². The summed E-state index contributed by atoms with van der Waals surface area (Å²) >= 11 is 5.54. The van der Waals surface area contributed by atoms with Gasteiger partial charge in [-0.3, -0.25) is 9.68 Å². The molecule has 0 fully saturated rings. The number of halogens is 1. The number of hydrogen-bond donors (Lipinski definition) is 3. The Labute approximate surface area is 140 Å². The first kappa shape index (κ1) is 21.8. The Morgan fingerprint density at radius 1 is 1.17 bits per heavy atom. The van der Waals surface area contributed by atoms with Crippen LogP contribution in [0.25, 0.3) is 0 Å². The van der Waals surface area contributed by atoms with E-state index >= 15 is 0 Å². The van der Waals surface area contributed by atoms with Gasteiger partial charge >= 0.3 is 5.97 Å². The van der Waals surface area contributed by atoms with Gasteiger partial charge in [-0.05, 0) is 18.6 Å². The summed E-state index contributed by atoms with van der Waals surface area (Å²) in [5.41, 5.74) is 0.143. The van der Waals surface area contributed by atoms with Gasteiger partial charge in [0, 0.05) is 0 Å². The number of aliphatic hydroxyl groups excluding tert-OH is 2. The fourth-order valence-corrected chi connectivity index (χ4v) is 1.59. The molecule has 132 valence electrons. The Morgan fingerprint density at radius 3 is 2.13 bits per heavy atom. The molecule has 1 aromatic rings. The monoisotopic (exact) mass is 349 g/mol. The maximum absolute atomic E-state index is 10.3. The van der Waals surface area contributed by atoms with E-state index in [2.05, 4.69) is 6.92 Å². The third kappa shape index (κ3) is 11.0. The number of hydrogen-bond acceptors (Lipinski definition) is 6. The van der Waals surface area contributed by atoms with Crippen molar-refractivity contribution in [1.29, 1.82) is 0 Å². The summed E-state index contributed by atoms with van der Waals surface area (Å²) in [5, 5.41) is 27.1. The molecule has 1 rings (SSSR count). The quantitative estimate of drug-likeness (QED) is 0.555. The molecule has 0 aliphatic rings. The zero-order valence-corrected chi connectivity index (χ0v) is 13.9. The van der Waals surface area contributed by atoms with E-state index < -0.39 is 5.97 Å². The Bertz CT molecular complexity index is 413. The summed E-state index contributed by atoms with van der Waals surface area (Å²) < 4.78 is 0. The molecule has 0 saturated heterocycles. The normalized spacial score (nSPS) is 10.3. The van der Waals surface area contributed by atoms with Gasteiger partial charge in [0.1, 0.15) is 0 Å². The molecular weight excluding hydrogens is 326 g/mol.